The molecule has 2 aromatic heterocycles. The quantitative estimate of drug-likeness (QED) is 0.840. The Hall–Kier alpha value is -1.78. The Balaban J connectivity index is 1.93. The molecule has 0 aliphatic heterocycles. The van der Waals surface area contributed by atoms with E-state index >= 15 is 0 Å². The van der Waals surface area contributed by atoms with Crippen molar-refractivity contribution in [1.29, 1.82) is 0 Å². The van der Waals surface area contributed by atoms with Gasteiger partial charge in [0, 0.05) is 18.2 Å². The first-order valence-corrected chi connectivity index (χ1v) is 6.95. The minimum absolute atomic E-state index is 0.0299. The molecule has 1 atom stereocenters. The minimum Gasteiger partial charge on any atom is -0.479 e. The molecule has 0 spiro atoms. The highest BCUT2D eigenvalue weighted by Crippen LogP contribution is 2.24. The molecular formula is C15H23N3O2. The molecule has 5 nitrogen and oxygen atoms in total. The fraction of sp³-hybridized carbons (Fsp3) is 0.600. The van der Waals surface area contributed by atoms with E-state index in [0.717, 1.165) is 18.6 Å². The number of aryl methyl sites for hydroxylation is 1. The lowest BCUT2D eigenvalue weighted by Gasteiger charge is -2.18. The molecule has 0 N–H and O–H groups in total. The lowest BCUT2D eigenvalue weighted by molar-refractivity contribution is 0.317. The van der Waals surface area contributed by atoms with Gasteiger partial charge in [0.15, 0.2) is 0 Å². The lowest BCUT2D eigenvalue weighted by atomic mass is 10.0. The van der Waals surface area contributed by atoms with E-state index in [0.29, 0.717) is 11.8 Å². The van der Waals surface area contributed by atoms with Gasteiger partial charge in [-0.3, -0.25) is 4.68 Å². The number of hydrogen-bond donors (Lipinski definition) is 0. The van der Waals surface area contributed by atoms with Crippen molar-refractivity contribution in [3.8, 4) is 5.88 Å². The first-order valence-electron chi connectivity index (χ1n) is 6.95. The van der Waals surface area contributed by atoms with Gasteiger partial charge in [0.25, 0.3) is 5.88 Å². The topological polar surface area (TPSA) is 53.1 Å². The lowest BCUT2D eigenvalue weighted by Crippen LogP contribution is -2.21. The van der Waals surface area contributed by atoms with Gasteiger partial charge in [-0.25, -0.2) is 0 Å². The molecule has 20 heavy (non-hydrogen) atoms. The second-order valence-corrected chi connectivity index (χ2v) is 6.18. The van der Waals surface area contributed by atoms with E-state index in [9.17, 15) is 0 Å². The van der Waals surface area contributed by atoms with Crippen LogP contribution in [0.25, 0.3) is 0 Å². The molecule has 1 unspecified atom stereocenters. The van der Waals surface area contributed by atoms with E-state index < -0.39 is 0 Å². The Labute approximate surface area is 119 Å². The highest BCUT2D eigenvalue weighted by atomic mass is 16.5. The number of methoxy groups -OCH3 is 1. The van der Waals surface area contributed by atoms with Crippen molar-refractivity contribution in [3.05, 3.63) is 29.8 Å². The predicted molar refractivity (Wildman–Crippen MR) is 77.0 cm³/mol. The van der Waals surface area contributed by atoms with Gasteiger partial charge >= 0.3 is 0 Å². The first-order chi connectivity index (χ1) is 9.40. The Kier molecular flexibility index (Phi) is 4.16. The Morgan fingerprint density at radius 3 is 2.70 bits per heavy atom. The van der Waals surface area contributed by atoms with Crippen LogP contribution in [-0.2, 0) is 12.0 Å². The molecule has 0 aliphatic carbocycles. The maximum Gasteiger partial charge on any atom is 0.254 e. The van der Waals surface area contributed by atoms with E-state index in [-0.39, 0.29) is 5.54 Å². The van der Waals surface area contributed by atoms with Crippen molar-refractivity contribution in [2.45, 2.75) is 52.0 Å². The van der Waals surface area contributed by atoms with Crippen molar-refractivity contribution in [1.82, 2.24) is 14.9 Å². The summed E-state index contributed by atoms with van der Waals surface area (Å²) in [5.41, 5.74) is 1.28. The standard InChI is InChI=1S/C15H23N3O2/c1-11(13-8-14(19-5)17-20-13)6-7-12-9-16-18(10-12)15(2,3)4/h8-11H,6-7H2,1-5H3. The molecule has 0 amide bonds. The van der Waals surface area contributed by atoms with Gasteiger partial charge in [0.2, 0.25) is 0 Å². The monoisotopic (exact) mass is 277 g/mol. The summed E-state index contributed by atoms with van der Waals surface area (Å²) in [6, 6.07) is 1.85. The van der Waals surface area contributed by atoms with E-state index in [4.69, 9.17) is 9.26 Å². The summed E-state index contributed by atoms with van der Waals surface area (Å²) < 4.78 is 12.3. The molecule has 0 saturated carbocycles. The van der Waals surface area contributed by atoms with Crippen molar-refractivity contribution in [3.63, 3.8) is 0 Å². The maximum absolute atomic E-state index is 5.27. The van der Waals surface area contributed by atoms with E-state index in [2.05, 4.69) is 44.1 Å². The first kappa shape index (κ1) is 14.6. The van der Waals surface area contributed by atoms with Gasteiger partial charge in [0.05, 0.1) is 18.8 Å². The van der Waals surface area contributed by atoms with Gasteiger partial charge in [-0.05, 0) is 44.3 Å². The maximum atomic E-state index is 5.27. The van der Waals surface area contributed by atoms with Crippen LogP contribution in [0.2, 0.25) is 0 Å². The zero-order chi connectivity index (χ0) is 14.8. The molecule has 0 saturated heterocycles. The average Bonchev–Trinajstić information content (AvgIpc) is 3.04. The molecule has 0 aromatic carbocycles. The summed E-state index contributed by atoms with van der Waals surface area (Å²) >= 11 is 0. The Morgan fingerprint density at radius 1 is 1.40 bits per heavy atom. The molecule has 0 bridgehead atoms. The summed E-state index contributed by atoms with van der Waals surface area (Å²) in [7, 11) is 1.59. The van der Waals surface area contributed by atoms with Crippen LogP contribution >= 0.6 is 0 Å². The third-order valence-corrected chi connectivity index (χ3v) is 3.39. The van der Waals surface area contributed by atoms with Crippen LogP contribution in [-0.4, -0.2) is 22.0 Å². The summed E-state index contributed by atoms with van der Waals surface area (Å²) in [4.78, 5) is 0. The highest BCUT2D eigenvalue weighted by Gasteiger charge is 2.16. The van der Waals surface area contributed by atoms with Crippen LogP contribution in [0.4, 0.5) is 0 Å². The van der Waals surface area contributed by atoms with E-state index in [1.165, 1.54) is 5.56 Å². The molecule has 0 aliphatic rings. The van der Waals surface area contributed by atoms with E-state index in [1.807, 2.05) is 16.9 Å². The summed E-state index contributed by atoms with van der Waals surface area (Å²) in [5.74, 6) is 1.71. The number of nitrogens with zero attached hydrogens (tertiary/aromatic N) is 3. The number of ether oxygens (including phenoxy) is 1. The largest absolute Gasteiger partial charge is 0.479 e. The fourth-order valence-corrected chi connectivity index (χ4v) is 1.98. The van der Waals surface area contributed by atoms with Crippen molar-refractivity contribution >= 4 is 0 Å². The smallest absolute Gasteiger partial charge is 0.254 e. The number of hydrogen-bond acceptors (Lipinski definition) is 4. The zero-order valence-corrected chi connectivity index (χ0v) is 12.9. The molecule has 2 aromatic rings. The Bertz CT molecular complexity index is 551. The molecule has 0 radical (unpaired) electrons. The normalized spacial score (nSPS) is 13.4. The minimum atomic E-state index is 0.0299. The van der Waals surface area contributed by atoms with Crippen molar-refractivity contribution in [2.75, 3.05) is 7.11 Å². The van der Waals surface area contributed by atoms with Crippen molar-refractivity contribution in [2.24, 2.45) is 0 Å². The van der Waals surface area contributed by atoms with Crippen LogP contribution in [0.15, 0.2) is 23.0 Å². The SMILES string of the molecule is COc1cc(C(C)CCc2cnn(C(C)(C)C)c2)on1. The summed E-state index contributed by atoms with van der Waals surface area (Å²) in [6.45, 7) is 8.57. The third-order valence-electron chi connectivity index (χ3n) is 3.39. The third kappa shape index (κ3) is 3.40. The van der Waals surface area contributed by atoms with Crippen LogP contribution in [0.5, 0.6) is 5.88 Å². The molecule has 2 heterocycles. The van der Waals surface area contributed by atoms with Crippen LogP contribution in [0.3, 0.4) is 0 Å². The summed E-state index contributed by atoms with van der Waals surface area (Å²) in [6.07, 6.45) is 6.03. The Morgan fingerprint density at radius 2 is 2.15 bits per heavy atom. The van der Waals surface area contributed by atoms with Crippen molar-refractivity contribution < 1.29 is 9.26 Å². The van der Waals surface area contributed by atoms with Gasteiger partial charge in [0.1, 0.15) is 5.76 Å². The second kappa shape index (κ2) is 5.69. The van der Waals surface area contributed by atoms with Gasteiger partial charge < -0.3 is 9.26 Å². The molecular weight excluding hydrogens is 254 g/mol. The van der Waals surface area contributed by atoms with Crippen LogP contribution < -0.4 is 4.74 Å². The molecule has 110 valence electrons. The van der Waals surface area contributed by atoms with Gasteiger partial charge in [-0.1, -0.05) is 6.92 Å². The molecule has 2 rings (SSSR count). The van der Waals surface area contributed by atoms with Crippen LogP contribution in [0.1, 0.15) is 51.4 Å². The molecule has 0 fully saturated rings. The number of aromatic nitrogens is 3. The number of rotatable bonds is 5. The van der Waals surface area contributed by atoms with E-state index in [1.54, 1.807) is 7.11 Å². The van der Waals surface area contributed by atoms with Gasteiger partial charge in [-0.15, -0.1) is 0 Å². The second-order valence-electron chi connectivity index (χ2n) is 6.18. The zero-order valence-electron chi connectivity index (χ0n) is 12.9. The summed E-state index contributed by atoms with van der Waals surface area (Å²) in [5, 5.41) is 8.25. The average molecular weight is 277 g/mol. The predicted octanol–water partition coefficient (Wildman–Crippen LogP) is 3.37. The highest BCUT2D eigenvalue weighted by molar-refractivity contribution is 5.14. The van der Waals surface area contributed by atoms with Crippen LogP contribution in [0, 0.1) is 0 Å². The fourth-order valence-electron chi connectivity index (χ4n) is 1.98. The molecule has 5 heteroatoms. The van der Waals surface area contributed by atoms with Gasteiger partial charge in [-0.2, -0.15) is 5.10 Å².